The Labute approximate surface area is 99.6 Å². The molecule has 0 radical (unpaired) electrons. The maximum absolute atomic E-state index is 11.7. The molecule has 0 atom stereocenters. The smallest absolute Gasteiger partial charge is 0.316 e. The molecule has 0 aliphatic carbocycles. The third-order valence-electron chi connectivity index (χ3n) is 2.22. The molecule has 88 valence electrons. The molecule has 1 rings (SSSR count). The number of nitrogens with one attached hydrogen (secondary N) is 1. The second-order valence-corrected chi connectivity index (χ2v) is 3.54. The summed E-state index contributed by atoms with van der Waals surface area (Å²) in [6.07, 6.45) is 0. The second-order valence-electron chi connectivity index (χ2n) is 3.54. The topological polar surface area (TPSA) is 73.2 Å². The van der Waals surface area contributed by atoms with Crippen LogP contribution in [0.3, 0.4) is 0 Å². The Kier molecular flexibility index (Phi) is 4.23. The number of hydrogen-bond donors (Lipinski definition) is 1. The summed E-state index contributed by atoms with van der Waals surface area (Å²) in [6.45, 7) is 1.73. The molecule has 0 saturated carbocycles. The van der Waals surface area contributed by atoms with Crippen molar-refractivity contribution >= 4 is 17.5 Å². The number of nitriles is 1. The Morgan fingerprint density at radius 2 is 2.18 bits per heavy atom. The summed E-state index contributed by atoms with van der Waals surface area (Å²) in [4.78, 5) is 24.3. The molecule has 1 N–H and O–H groups in total. The molecule has 0 spiro atoms. The molecule has 0 fully saturated rings. The van der Waals surface area contributed by atoms with Crippen molar-refractivity contribution in [3.8, 4) is 6.07 Å². The van der Waals surface area contributed by atoms with Crippen LogP contribution in [0, 0.1) is 18.3 Å². The number of benzene rings is 1. The zero-order valence-corrected chi connectivity index (χ0v) is 9.73. The van der Waals surface area contributed by atoms with E-state index in [9.17, 15) is 9.59 Å². The van der Waals surface area contributed by atoms with Crippen LogP contribution in [0.2, 0.25) is 0 Å². The minimum Gasteiger partial charge on any atom is -0.335 e. The van der Waals surface area contributed by atoms with Gasteiger partial charge >= 0.3 is 11.8 Å². The van der Waals surface area contributed by atoms with Crippen molar-refractivity contribution in [1.82, 2.24) is 5.32 Å². The fourth-order valence-corrected chi connectivity index (χ4v) is 1.30. The van der Waals surface area contributed by atoms with Gasteiger partial charge in [0.05, 0.1) is 6.07 Å². The highest BCUT2D eigenvalue weighted by Gasteiger charge is 2.19. The number of aryl methyl sites for hydroxylation is 1. The molecule has 0 aliphatic rings. The van der Waals surface area contributed by atoms with Gasteiger partial charge in [0, 0.05) is 12.7 Å². The van der Waals surface area contributed by atoms with E-state index in [-0.39, 0.29) is 6.54 Å². The van der Waals surface area contributed by atoms with Crippen molar-refractivity contribution < 1.29 is 9.59 Å². The number of amides is 2. The predicted molar refractivity (Wildman–Crippen MR) is 63.2 cm³/mol. The lowest BCUT2D eigenvalue weighted by atomic mass is 10.2. The van der Waals surface area contributed by atoms with Crippen LogP contribution >= 0.6 is 0 Å². The summed E-state index contributed by atoms with van der Waals surface area (Å²) >= 11 is 0. The van der Waals surface area contributed by atoms with Gasteiger partial charge in [0.2, 0.25) is 0 Å². The Hall–Kier alpha value is -2.35. The van der Waals surface area contributed by atoms with Crippen molar-refractivity contribution in [1.29, 1.82) is 5.26 Å². The molecule has 1 aromatic carbocycles. The average molecular weight is 231 g/mol. The van der Waals surface area contributed by atoms with E-state index in [1.807, 2.05) is 19.1 Å². The van der Waals surface area contributed by atoms with E-state index < -0.39 is 11.8 Å². The molecule has 0 heterocycles. The second kappa shape index (κ2) is 5.66. The first-order valence-electron chi connectivity index (χ1n) is 5.05. The lowest BCUT2D eigenvalue weighted by Crippen LogP contribution is -2.41. The molecule has 0 aliphatic heterocycles. The van der Waals surface area contributed by atoms with Gasteiger partial charge in [0.25, 0.3) is 0 Å². The molecule has 1 aromatic rings. The van der Waals surface area contributed by atoms with E-state index in [1.165, 1.54) is 11.9 Å². The van der Waals surface area contributed by atoms with Crippen LogP contribution in [0.5, 0.6) is 0 Å². The lowest BCUT2D eigenvalue weighted by molar-refractivity contribution is -0.137. The molecular formula is C12H13N3O2. The summed E-state index contributed by atoms with van der Waals surface area (Å²) < 4.78 is 0. The molecule has 0 aromatic heterocycles. The highest BCUT2D eigenvalue weighted by atomic mass is 16.2. The van der Waals surface area contributed by atoms with Crippen LogP contribution < -0.4 is 10.2 Å². The Morgan fingerprint density at radius 1 is 1.47 bits per heavy atom. The number of hydrogen-bond acceptors (Lipinski definition) is 3. The summed E-state index contributed by atoms with van der Waals surface area (Å²) in [7, 11) is 1.52. The maximum atomic E-state index is 11.7. The van der Waals surface area contributed by atoms with E-state index in [1.54, 1.807) is 18.2 Å². The van der Waals surface area contributed by atoms with E-state index in [0.29, 0.717) is 5.69 Å². The SMILES string of the molecule is Cc1cccc(N(C)C(=O)C(=O)NCC#N)c1. The van der Waals surface area contributed by atoms with Gasteiger partial charge in [-0.1, -0.05) is 12.1 Å². The van der Waals surface area contributed by atoms with Gasteiger partial charge in [-0.15, -0.1) is 0 Å². The third-order valence-corrected chi connectivity index (χ3v) is 2.22. The van der Waals surface area contributed by atoms with E-state index in [0.717, 1.165) is 5.56 Å². The first kappa shape index (κ1) is 12.7. The van der Waals surface area contributed by atoms with Crippen LogP contribution in [0.15, 0.2) is 24.3 Å². The van der Waals surface area contributed by atoms with E-state index in [4.69, 9.17) is 5.26 Å². The molecule has 5 heteroatoms. The normalized spacial score (nSPS) is 9.24. The highest BCUT2D eigenvalue weighted by molar-refractivity contribution is 6.40. The van der Waals surface area contributed by atoms with Crippen molar-refractivity contribution in [3.05, 3.63) is 29.8 Å². The van der Waals surface area contributed by atoms with Gasteiger partial charge in [-0.2, -0.15) is 5.26 Å². The summed E-state index contributed by atoms with van der Waals surface area (Å²) in [5.41, 5.74) is 1.64. The van der Waals surface area contributed by atoms with Gasteiger partial charge < -0.3 is 10.2 Å². The summed E-state index contributed by atoms with van der Waals surface area (Å²) in [5.74, 6) is -1.47. The van der Waals surface area contributed by atoms with Gasteiger partial charge in [-0.3, -0.25) is 9.59 Å². The van der Waals surface area contributed by atoms with E-state index in [2.05, 4.69) is 5.32 Å². The minimum atomic E-state index is -0.782. The third kappa shape index (κ3) is 3.31. The molecule has 0 bridgehead atoms. The van der Waals surface area contributed by atoms with Crippen molar-refractivity contribution in [3.63, 3.8) is 0 Å². The number of anilines is 1. The van der Waals surface area contributed by atoms with Crippen LogP contribution in [-0.4, -0.2) is 25.4 Å². The number of nitrogens with zero attached hydrogens (tertiary/aromatic N) is 2. The molecule has 17 heavy (non-hydrogen) atoms. The number of carbonyl (C=O) groups excluding carboxylic acids is 2. The van der Waals surface area contributed by atoms with E-state index >= 15 is 0 Å². The fourth-order valence-electron chi connectivity index (χ4n) is 1.30. The van der Waals surface area contributed by atoms with Gasteiger partial charge in [0.1, 0.15) is 6.54 Å². The Balaban J connectivity index is 2.77. The molecule has 0 unspecified atom stereocenters. The van der Waals surface area contributed by atoms with Crippen LogP contribution in [0.4, 0.5) is 5.69 Å². The quantitative estimate of drug-likeness (QED) is 0.598. The first-order valence-corrected chi connectivity index (χ1v) is 5.05. The molecule has 0 saturated heterocycles. The van der Waals surface area contributed by atoms with Crippen molar-refractivity contribution in [2.75, 3.05) is 18.5 Å². The first-order chi connectivity index (χ1) is 8.06. The number of likely N-dealkylation sites (N-methyl/N-ethyl adjacent to an activating group) is 1. The highest BCUT2D eigenvalue weighted by Crippen LogP contribution is 2.14. The Morgan fingerprint density at radius 3 is 2.76 bits per heavy atom. The standard InChI is InChI=1S/C12H13N3O2/c1-9-4-3-5-10(8-9)15(2)12(17)11(16)14-7-6-13/h3-5,8H,7H2,1-2H3,(H,14,16). The minimum absolute atomic E-state index is 0.174. The van der Waals surface area contributed by atoms with Gasteiger partial charge in [-0.25, -0.2) is 0 Å². The lowest BCUT2D eigenvalue weighted by Gasteiger charge is -2.16. The van der Waals surface area contributed by atoms with Crippen LogP contribution in [0.1, 0.15) is 5.56 Å². The molecular weight excluding hydrogens is 218 g/mol. The van der Waals surface area contributed by atoms with Gasteiger partial charge in [0.15, 0.2) is 0 Å². The summed E-state index contributed by atoms with van der Waals surface area (Å²) in [5, 5.41) is 10.5. The molecule has 5 nitrogen and oxygen atoms in total. The average Bonchev–Trinajstić information content (AvgIpc) is 2.34. The maximum Gasteiger partial charge on any atom is 0.316 e. The molecule has 2 amide bonds. The predicted octanol–water partition coefficient (Wildman–Crippen LogP) is 0.598. The zero-order valence-electron chi connectivity index (χ0n) is 9.73. The van der Waals surface area contributed by atoms with Crippen molar-refractivity contribution in [2.24, 2.45) is 0 Å². The zero-order chi connectivity index (χ0) is 12.8. The van der Waals surface area contributed by atoms with Crippen LogP contribution in [-0.2, 0) is 9.59 Å². The fraction of sp³-hybridized carbons (Fsp3) is 0.250. The van der Waals surface area contributed by atoms with Gasteiger partial charge in [-0.05, 0) is 24.6 Å². The van der Waals surface area contributed by atoms with Crippen molar-refractivity contribution in [2.45, 2.75) is 6.92 Å². The number of rotatable bonds is 2. The Bertz CT molecular complexity index is 477. The van der Waals surface area contributed by atoms with Crippen LogP contribution in [0.25, 0.3) is 0 Å². The summed E-state index contributed by atoms with van der Waals surface area (Å²) in [6, 6.07) is 8.99. The largest absolute Gasteiger partial charge is 0.335 e. The monoisotopic (exact) mass is 231 g/mol. The number of carbonyl (C=O) groups is 2.